The number of aliphatic carboxylic acids is 1. The average molecular weight is 239 g/mol. The number of carbonyl (C=O) groups is 1. The van der Waals surface area contributed by atoms with Crippen LogP contribution in [0.2, 0.25) is 0 Å². The summed E-state index contributed by atoms with van der Waals surface area (Å²) >= 11 is 0. The van der Waals surface area contributed by atoms with Crippen molar-refractivity contribution in [2.24, 2.45) is 0 Å². The summed E-state index contributed by atoms with van der Waals surface area (Å²) in [6.45, 7) is 4.51. The molecule has 4 heteroatoms. The minimum Gasteiger partial charge on any atom is -0.550 e. The number of carbonyl (C=O) groups excluding carboxylic acids is 1. The molecule has 1 heterocycles. The Hall–Kier alpha value is -0.770. The fourth-order valence-electron chi connectivity index (χ4n) is 2.03. The van der Waals surface area contributed by atoms with Crippen molar-refractivity contribution >= 4 is 16.9 Å². The molecule has 0 radical (unpaired) electrons. The average Bonchev–Trinajstić information content (AvgIpc) is 2.50. The van der Waals surface area contributed by atoms with E-state index in [1.165, 1.54) is 5.56 Å². The molecule has 0 N–H and O–H groups in total. The predicted octanol–water partition coefficient (Wildman–Crippen LogP) is -1.60. The standard InChI is InChI=1S/C13H15NO2.Na/c1-9-3-4-12-11(7-9)8-10(2)14(12)6-5-13(15)16;/h3-4,7-8H,5-6H2,1-2H3,(H,15,16);/q;+1/p-1. The molecule has 84 valence electrons. The van der Waals surface area contributed by atoms with E-state index in [4.69, 9.17) is 0 Å². The van der Waals surface area contributed by atoms with Gasteiger partial charge < -0.3 is 14.5 Å². The van der Waals surface area contributed by atoms with Gasteiger partial charge in [-0.05, 0) is 32.0 Å². The monoisotopic (exact) mass is 239 g/mol. The number of hydrogen-bond donors (Lipinski definition) is 0. The molecule has 1 aromatic carbocycles. The topological polar surface area (TPSA) is 45.1 Å². The first-order valence-electron chi connectivity index (χ1n) is 5.34. The smallest absolute Gasteiger partial charge is 0.550 e. The van der Waals surface area contributed by atoms with E-state index in [1.54, 1.807) is 0 Å². The van der Waals surface area contributed by atoms with Gasteiger partial charge in [-0.3, -0.25) is 0 Å². The van der Waals surface area contributed by atoms with Gasteiger partial charge in [0.05, 0.1) is 0 Å². The Bertz CT molecular complexity index is 546. The SMILES string of the molecule is Cc1ccc2c(c1)cc(C)n2CCC(=O)[O-].[Na+]. The molecule has 0 aliphatic carbocycles. The van der Waals surface area contributed by atoms with E-state index in [1.807, 2.05) is 30.5 Å². The Morgan fingerprint density at radius 1 is 1.29 bits per heavy atom. The number of aromatic nitrogens is 1. The second kappa shape index (κ2) is 5.71. The second-order valence-corrected chi connectivity index (χ2v) is 4.12. The molecule has 0 amide bonds. The zero-order chi connectivity index (χ0) is 11.7. The first-order chi connectivity index (χ1) is 7.58. The molecular formula is C13H14NNaO2. The third-order valence-electron chi connectivity index (χ3n) is 2.80. The van der Waals surface area contributed by atoms with Crippen LogP contribution >= 0.6 is 0 Å². The minimum absolute atomic E-state index is 0. The van der Waals surface area contributed by atoms with Crippen LogP contribution in [0.5, 0.6) is 0 Å². The molecule has 0 saturated carbocycles. The van der Waals surface area contributed by atoms with Crippen molar-refractivity contribution in [3.8, 4) is 0 Å². The molecule has 2 aromatic rings. The van der Waals surface area contributed by atoms with Crippen molar-refractivity contribution in [3.05, 3.63) is 35.5 Å². The normalized spacial score (nSPS) is 10.2. The van der Waals surface area contributed by atoms with Gasteiger partial charge in [0.15, 0.2) is 0 Å². The number of hydrogen-bond acceptors (Lipinski definition) is 2. The Kier molecular flexibility index (Phi) is 4.80. The van der Waals surface area contributed by atoms with Crippen LogP contribution in [0.15, 0.2) is 24.3 Å². The van der Waals surface area contributed by atoms with Gasteiger partial charge in [0.25, 0.3) is 0 Å². The predicted molar refractivity (Wildman–Crippen MR) is 61.0 cm³/mol. The number of nitrogens with zero attached hydrogens (tertiary/aromatic N) is 1. The van der Waals surface area contributed by atoms with Gasteiger partial charge in [-0.25, -0.2) is 0 Å². The molecule has 17 heavy (non-hydrogen) atoms. The van der Waals surface area contributed by atoms with Gasteiger partial charge in [0.1, 0.15) is 0 Å². The summed E-state index contributed by atoms with van der Waals surface area (Å²) in [7, 11) is 0. The van der Waals surface area contributed by atoms with Gasteiger partial charge in [0, 0.05) is 35.5 Å². The number of carboxylic acid groups (broad SMARTS) is 1. The Morgan fingerprint density at radius 2 is 2.00 bits per heavy atom. The number of carboxylic acids is 1. The van der Waals surface area contributed by atoms with Crippen molar-refractivity contribution in [3.63, 3.8) is 0 Å². The van der Waals surface area contributed by atoms with E-state index in [0.717, 1.165) is 16.6 Å². The number of rotatable bonds is 3. The summed E-state index contributed by atoms with van der Waals surface area (Å²) in [5.74, 6) is -1.01. The van der Waals surface area contributed by atoms with Crippen molar-refractivity contribution in [2.75, 3.05) is 0 Å². The first kappa shape index (κ1) is 14.3. The molecule has 0 unspecified atom stereocenters. The van der Waals surface area contributed by atoms with Crippen molar-refractivity contribution in [2.45, 2.75) is 26.8 Å². The summed E-state index contributed by atoms with van der Waals surface area (Å²) in [6, 6.07) is 8.26. The van der Waals surface area contributed by atoms with Gasteiger partial charge in [-0.2, -0.15) is 0 Å². The summed E-state index contributed by atoms with van der Waals surface area (Å²) in [4.78, 5) is 10.5. The molecule has 0 saturated heterocycles. The second-order valence-electron chi connectivity index (χ2n) is 4.12. The summed E-state index contributed by atoms with van der Waals surface area (Å²) in [6.07, 6.45) is 0.0541. The summed E-state index contributed by atoms with van der Waals surface area (Å²) in [5, 5.41) is 11.6. The van der Waals surface area contributed by atoms with Crippen LogP contribution in [0.1, 0.15) is 17.7 Å². The molecule has 0 fully saturated rings. The van der Waals surface area contributed by atoms with Crippen LogP contribution in [0.4, 0.5) is 0 Å². The van der Waals surface area contributed by atoms with Crippen molar-refractivity contribution in [1.29, 1.82) is 0 Å². The third kappa shape index (κ3) is 3.12. The number of aryl methyl sites for hydroxylation is 3. The molecule has 0 aliphatic rings. The maximum Gasteiger partial charge on any atom is 1.00 e. The largest absolute Gasteiger partial charge is 1.00 e. The van der Waals surface area contributed by atoms with Gasteiger partial charge in [0.2, 0.25) is 0 Å². The molecule has 1 aromatic heterocycles. The summed E-state index contributed by atoms with van der Waals surface area (Å²) in [5.41, 5.74) is 3.38. The van der Waals surface area contributed by atoms with Crippen LogP contribution in [0.25, 0.3) is 10.9 Å². The van der Waals surface area contributed by atoms with E-state index in [2.05, 4.69) is 12.1 Å². The molecule has 3 nitrogen and oxygen atoms in total. The molecule has 0 aliphatic heterocycles. The van der Waals surface area contributed by atoms with E-state index in [9.17, 15) is 9.90 Å². The molecule has 0 bridgehead atoms. The van der Waals surface area contributed by atoms with Crippen molar-refractivity contribution < 1.29 is 39.5 Å². The quantitative estimate of drug-likeness (QED) is 0.606. The fourth-order valence-corrected chi connectivity index (χ4v) is 2.03. The van der Waals surface area contributed by atoms with Gasteiger partial charge >= 0.3 is 29.6 Å². The minimum atomic E-state index is -1.01. The maximum atomic E-state index is 10.5. The van der Waals surface area contributed by atoms with Gasteiger partial charge in [-0.1, -0.05) is 11.6 Å². The molecule has 0 spiro atoms. The summed E-state index contributed by atoms with van der Waals surface area (Å²) < 4.78 is 2.02. The fraction of sp³-hybridized carbons (Fsp3) is 0.308. The van der Waals surface area contributed by atoms with Gasteiger partial charge in [-0.15, -0.1) is 0 Å². The van der Waals surface area contributed by atoms with E-state index in [0.29, 0.717) is 6.54 Å². The van der Waals surface area contributed by atoms with Crippen molar-refractivity contribution in [1.82, 2.24) is 4.57 Å². The van der Waals surface area contributed by atoms with Crippen LogP contribution in [0.3, 0.4) is 0 Å². The van der Waals surface area contributed by atoms with Crippen LogP contribution in [0, 0.1) is 13.8 Å². The Morgan fingerprint density at radius 3 is 2.65 bits per heavy atom. The third-order valence-corrected chi connectivity index (χ3v) is 2.80. The number of fused-ring (bicyclic) bond motifs is 1. The molecular weight excluding hydrogens is 225 g/mol. The zero-order valence-electron chi connectivity index (χ0n) is 10.5. The van der Waals surface area contributed by atoms with E-state index in [-0.39, 0.29) is 36.0 Å². The van der Waals surface area contributed by atoms with E-state index < -0.39 is 5.97 Å². The molecule has 0 atom stereocenters. The Labute approximate surface area is 123 Å². The maximum absolute atomic E-state index is 10.5. The van der Waals surface area contributed by atoms with Crippen LogP contribution < -0.4 is 34.7 Å². The first-order valence-corrected chi connectivity index (χ1v) is 5.34. The zero-order valence-corrected chi connectivity index (χ0v) is 12.5. The number of benzene rings is 1. The molecule has 2 rings (SSSR count). The Balaban J connectivity index is 0.00000144. The van der Waals surface area contributed by atoms with Crippen LogP contribution in [-0.4, -0.2) is 10.5 Å². The van der Waals surface area contributed by atoms with Crippen LogP contribution in [-0.2, 0) is 11.3 Å². The van der Waals surface area contributed by atoms with E-state index >= 15 is 0 Å².